The van der Waals surface area contributed by atoms with Gasteiger partial charge in [0.15, 0.2) is 11.5 Å². The Kier molecular flexibility index (Phi) is 4.74. The Morgan fingerprint density at radius 2 is 1.90 bits per heavy atom. The zero-order valence-electron chi connectivity index (χ0n) is 11.9. The Morgan fingerprint density at radius 1 is 1.10 bits per heavy atom. The molecule has 3 nitrogen and oxygen atoms in total. The van der Waals surface area contributed by atoms with Crippen molar-refractivity contribution in [2.24, 2.45) is 0 Å². The number of methoxy groups -OCH3 is 2. The summed E-state index contributed by atoms with van der Waals surface area (Å²) >= 11 is 6.35. The van der Waals surface area contributed by atoms with Gasteiger partial charge in [0.25, 0.3) is 0 Å². The monoisotopic (exact) mass is 291 g/mol. The fourth-order valence-electron chi connectivity index (χ4n) is 2.02. The maximum Gasteiger partial charge on any atom is 0.179 e. The number of anilines is 1. The van der Waals surface area contributed by atoms with Gasteiger partial charge in [0.05, 0.1) is 19.2 Å². The van der Waals surface area contributed by atoms with Crippen molar-refractivity contribution in [2.45, 2.75) is 13.5 Å². The van der Waals surface area contributed by atoms with E-state index in [1.54, 1.807) is 14.2 Å². The van der Waals surface area contributed by atoms with E-state index in [9.17, 15) is 0 Å². The van der Waals surface area contributed by atoms with Crippen LogP contribution in [0.4, 0.5) is 5.69 Å². The molecule has 0 spiro atoms. The van der Waals surface area contributed by atoms with E-state index in [-0.39, 0.29) is 0 Å². The van der Waals surface area contributed by atoms with Crippen LogP contribution in [0.3, 0.4) is 0 Å². The molecule has 0 aliphatic heterocycles. The molecular formula is C16H18ClNO2. The highest BCUT2D eigenvalue weighted by molar-refractivity contribution is 6.33. The van der Waals surface area contributed by atoms with Crippen molar-refractivity contribution < 1.29 is 9.47 Å². The van der Waals surface area contributed by atoms with Gasteiger partial charge < -0.3 is 14.8 Å². The predicted octanol–water partition coefficient (Wildman–Crippen LogP) is 4.28. The van der Waals surface area contributed by atoms with Crippen LogP contribution >= 0.6 is 11.6 Å². The number of benzene rings is 2. The Morgan fingerprint density at radius 3 is 2.55 bits per heavy atom. The normalized spacial score (nSPS) is 10.2. The first-order valence-corrected chi connectivity index (χ1v) is 6.73. The van der Waals surface area contributed by atoms with E-state index in [2.05, 4.69) is 24.4 Å². The van der Waals surface area contributed by atoms with E-state index in [0.717, 1.165) is 11.3 Å². The molecule has 2 aromatic carbocycles. The maximum atomic E-state index is 6.35. The van der Waals surface area contributed by atoms with Gasteiger partial charge in [-0.3, -0.25) is 0 Å². The van der Waals surface area contributed by atoms with Gasteiger partial charge in [-0.2, -0.15) is 0 Å². The molecule has 0 bridgehead atoms. The molecule has 1 N–H and O–H groups in total. The summed E-state index contributed by atoms with van der Waals surface area (Å²) in [4.78, 5) is 0. The number of nitrogens with one attached hydrogen (secondary N) is 1. The van der Waals surface area contributed by atoms with Crippen LogP contribution in [0.1, 0.15) is 11.1 Å². The number of hydrogen-bond donors (Lipinski definition) is 1. The SMILES string of the molecule is COc1ccc(CNc2cccc(C)c2)c(Cl)c1OC. The summed E-state index contributed by atoms with van der Waals surface area (Å²) < 4.78 is 10.5. The number of rotatable bonds is 5. The van der Waals surface area contributed by atoms with Crippen LogP contribution in [-0.2, 0) is 6.54 Å². The van der Waals surface area contributed by atoms with Crippen molar-refractivity contribution in [3.8, 4) is 11.5 Å². The highest BCUT2D eigenvalue weighted by Gasteiger charge is 2.12. The average molecular weight is 292 g/mol. The van der Waals surface area contributed by atoms with Gasteiger partial charge in [-0.05, 0) is 36.2 Å². The molecule has 0 saturated heterocycles. The van der Waals surface area contributed by atoms with Crippen LogP contribution in [0, 0.1) is 6.92 Å². The van der Waals surface area contributed by atoms with Crippen LogP contribution in [-0.4, -0.2) is 14.2 Å². The second-order valence-corrected chi connectivity index (χ2v) is 4.88. The lowest BCUT2D eigenvalue weighted by Gasteiger charge is -2.14. The fraction of sp³-hybridized carbons (Fsp3) is 0.250. The number of ether oxygens (including phenoxy) is 2. The Bertz CT molecular complexity index is 599. The lowest BCUT2D eigenvalue weighted by molar-refractivity contribution is 0.355. The standard InChI is InChI=1S/C16H18ClNO2/c1-11-5-4-6-13(9-11)18-10-12-7-8-14(19-2)16(20-3)15(12)17/h4-9,18H,10H2,1-3H3. The summed E-state index contributed by atoms with van der Waals surface area (Å²) in [6.07, 6.45) is 0. The Hall–Kier alpha value is -1.87. The van der Waals surface area contributed by atoms with Crippen LogP contribution in [0.25, 0.3) is 0 Å². The third kappa shape index (κ3) is 3.17. The van der Waals surface area contributed by atoms with Crippen molar-refractivity contribution >= 4 is 17.3 Å². The first kappa shape index (κ1) is 14.5. The highest BCUT2D eigenvalue weighted by atomic mass is 35.5. The Balaban J connectivity index is 2.18. The molecule has 0 radical (unpaired) electrons. The molecule has 0 unspecified atom stereocenters. The minimum absolute atomic E-state index is 0.567. The Labute approximate surface area is 124 Å². The van der Waals surface area contributed by atoms with E-state index in [1.807, 2.05) is 24.3 Å². The van der Waals surface area contributed by atoms with Crippen LogP contribution in [0.2, 0.25) is 5.02 Å². The topological polar surface area (TPSA) is 30.5 Å². The van der Waals surface area contributed by atoms with Gasteiger partial charge in [0, 0.05) is 12.2 Å². The van der Waals surface area contributed by atoms with Gasteiger partial charge in [0.1, 0.15) is 0 Å². The third-order valence-corrected chi connectivity index (χ3v) is 3.48. The summed E-state index contributed by atoms with van der Waals surface area (Å²) in [5, 5.41) is 3.93. The average Bonchev–Trinajstić information content (AvgIpc) is 2.45. The predicted molar refractivity (Wildman–Crippen MR) is 83.1 cm³/mol. The summed E-state index contributed by atoms with van der Waals surface area (Å²) in [7, 11) is 3.18. The summed E-state index contributed by atoms with van der Waals surface area (Å²) in [5.41, 5.74) is 3.25. The smallest absolute Gasteiger partial charge is 0.179 e. The zero-order valence-corrected chi connectivity index (χ0v) is 12.6. The summed E-state index contributed by atoms with van der Waals surface area (Å²) in [6, 6.07) is 12.0. The van der Waals surface area contributed by atoms with Gasteiger partial charge in [-0.1, -0.05) is 29.8 Å². The molecule has 0 amide bonds. The zero-order chi connectivity index (χ0) is 14.5. The van der Waals surface area contributed by atoms with Gasteiger partial charge in [-0.15, -0.1) is 0 Å². The third-order valence-electron chi connectivity index (χ3n) is 3.07. The number of hydrogen-bond acceptors (Lipinski definition) is 3. The molecular weight excluding hydrogens is 274 g/mol. The van der Waals surface area contributed by atoms with Crippen LogP contribution in [0.5, 0.6) is 11.5 Å². The second kappa shape index (κ2) is 6.53. The fourth-order valence-corrected chi connectivity index (χ4v) is 2.32. The van der Waals surface area contributed by atoms with Crippen molar-refractivity contribution in [3.05, 3.63) is 52.5 Å². The lowest BCUT2D eigenvalue weighted by atomic mass is 10.1. The largest absolute Gasteiger partial charge is 0.493 e. The molecule has 4 heteroatoms. The second-order valence-electron chi connectivity index (χ2n) is 4.50. The highest BCUT2D eigenvalue weighted by Crippen LogP contribution is 2.37. The molecule has 2 rings (SSSR count). The van der Waals surface area contributed by atoms with Crippen molar-refractivity contribution in [1.29, 1.82) is 0 Å². The minimum Gasteiger partial charge on any atom is -0.493 e. The number of halogens is 1. The van der Waals surface area contributed by atoms with Crippen molar-refractivity contribution in [3.63, 3.8) is 0 Å². The molecule has 0 aliphatic rings. The lowest BCUT2D eigenvalue weighted by Crippen LogP contribution is -2.02. The van der Waals surface area contributed by atoms with E-state index < -0.39 is 0 Å². The summed E-state index contributed by atoms with van der Waals surface area (Å²) in [6.45, 7) is 2.69. The minimum atomic E-state index is 0.567. The van der Waals surface area contributed by atoms with Crippen molar-refractivity contribution in [2.75, 3.05) is 19.5 Å². The van der Waals surface area contributed by atoms with E-state index in [1.165, 1.54) is 5.56 Å². The van der Waals surface area contributed by atoms with E-state index in [0.29, 0.717) is 23.1 Å². The number of aryl methyl sites for hydroxylation is 1. The molecule has 0 atom stereocenters. The van der Waals surface area contributed by atoms with Gasteiger partial charge in [-0.25, -0.2) is 0 Å². The van der Waals surface area contributed by atoms with Crippen LogP contribution < -0.4 is 14.8 Å². The molecule has 0 aliphatic carbocycles. The molecule has 20 heavy (non-hydrogen) atoms. The van der Waals surface area contributed by atoms with Gasteiger partial charge in [0.2, 0.25) is 0 Å². The molecule has 0 fully saturated rings. The first-order chi connectivity index (χ1) is 9.65. The first-order valence-electron chi connectivity index (χ1n) is 6.35. The molecule has 0 saturated carbocycles. The van der Waals surface area contributed by atoms with E-state index >= 15 is 0 Å². The van der Waals surface area contributed by atoms with E-state index in [4.69, 9.17) is 21.1 Å². The summed E-state index contributed by atoms with van der Waals surface area (Å²) in [5.74, 6) is 1.20. The molecule has 0 aromatic heterocycles. The van der Waals surface area contributed by atoms with Crippen molar-refractivity contribution in [1.82, 2.24) is 0 Å². The molecule has 106 valence electrons. The van der Waals surface area contributed by atoms with Gasteiger partial charge >= 0.3 is 0 Å². The quantitative estimate of drug-likeness (QED) is 0.892. The molecule has 0 heterocycles. The van der Waals surface area contributed by atoms with Crippen LogP contribution in [0.15, 0.2) is 36.4 Å². The maximum absolute atomic E-state index is 6.35. The molecule has 2 aromatic rings.